The second-order valence-electron chi connectivity index (χ2n) is 10.9. The summed E-state index contributed by atoms with van der Waals surface area (Å²) in [6.07, 6.45) is 7.04. The number of aromatic amines is 1. The van der Waals surface area contributed by atoms with E-state index in [-0.39, 0.29) is 5.83 Å². The molecule has 0 amide bonds. The molecule has 1 aromatic carbocycles. The van der Waals surface area contributed by atoms with Crippen LogP contribution in [0.3, 0.4) is 0 Å². The number of nitrogens with one attached hydrogen (secondary N) is 1. The molecule has 1 aromatic heterocycles. The summed E-state index contributed by atoms with van der Waals surface area (Å²) in [7, 11) is 0. The number of ether oxygens (including phenoxy) is 1. The largest absolute Gasteiger partial charge is 0.497 e. The number of allylic oxidation sites excluding steroid dienone is 5. The van der Waals surface area contributed by atoms with Gasteiger partial charge in [0.2, 0.25) is 0 Å². The minimum absolute atomic E-state index is 0.282. The zero-order chi connectivity index (χ0) is 24.0. The molecule has 1 aliphatic heterocycles. The Bertz CT molecular complexity index is 1220. The van der Waals surface area contributed by atoms with Crippen molar-refractivity contribution < 1.29 is 14.2 Å². The van der Waals surface area contributed by atoms with Crippen molar-refractivity contribution in [2.75, 3.05) is 6.61 Å². The van der Waals surface area contributed by atoms with Gasteiger partial charge in [0.15, 0.2) is 0 Å². The van der Waals surface area contributed by atoms with Gasteiger partial charge in [0.05, 0.1) is 23.8 Å². The van der Waals surface area contributed by atoms with E-state index in [1.54, 1.807) is 12.2 Å². The summed E-state index contributed by atoms with van der Waals surface area (Å²) < 4.78 is 20.3. The van der Waals surface area contributed by atoms with Crippen molar-refractivity contribution in [2.24, 2.45) is 10.8 Å². The van der Waals surface area contributed by atoms with Gasteiger partial charge in [-0.15, -0.1) is 0 Å². The van der Waals surface area contributed by atoms with Gasteiger partial charge in [-0.1, -0.05) is 33.8 Å². The van der Waals surface area contributed by atoms with E-state index in [1.807, 2.05) is 19.1 Å². The Labute approximate surface area is 195 Å². The lowest BCUT2D eigenvalue weighted by Crippen LogP contribution is -2.49. The highest BCUT2D eigenvalue weighted by atomic mass is 19.1. The molecule has 0 spiro atoms. The molecule has 4 rings (SSSR count). The third-order valence-corrected chi connectivity index (χ3v) is 7.43. The van der Waals surface area contributed by atoms with Gasteiger partial charge in [0.1, 0.15) is 11.6 Å². The summed E-state index contributed by atoms with van der Waals surface area (Å²) in [5.74, 6) is 0.518. The number of aliphatic hydroxyl groups is 1. The molecule has 0 fully saturated rings. The minimum Gasteiger partial charge on any atom is -0.497 e. The number of nitrogens with zero attached hydrogens (tertiary/aromatic N) is 1. The average Bonchev–Trinajstić information content (AvgIpc) is 3.01. The van der Waals surface area contributed by atoms with E-state index in [4.69, 9.17) is 4.74 Å². The molecule has 0 saturated carbocycles. The van der Waals surface area contributed by atoms with E-state index >= 15 is 0 Å². The van der Waals surface area contributed by atoms with Crippen LogP contribution < -0.4 is 0 Å². The van der Waals surface area contributed by atoms with E-state index in [9.17, 15) is 14.8 Å². The molecule has 174 valence electrons. The van der Waals surface area contributed by atoms with Gasteiger partial charge in [-0.2, -0.15) is 5.26 Å². The molecule has 4 nitrogen and oxygen atoms in total. The fourth-order valence-corrected chi connectivity index (χ4v) is 5.21. The van der Waals surface area contributed by atoms with Crippen molar-refractivity contribution >= 4 is 10.9 Å². The predicted octanol–water partition coefficient (Wildman–Crippen LogP) is 6.55. The monoisotopic (exact) mass is 448 g/mol. The van der Waals surface area contributed by atoms with Crippen LogP contribution >= 0.6 is 0 Å². The number of rotatable bonds is 4. The quantitative estimate of drug-likeness (QED) is 0.557. The van der Waals surface area contributed by atoms with Crippen molar-refractivity contribution in [1.82, 2.24) is 4.98 Å². The van der Waals surface area contributed by atoms with Gasteiger partial charge in [-0.05, 0) is 66.7 Å². The van der Waals surface area contributed by atoms with Gasteiger partial charge < -0.3 is 14.8 Å². The number of H-pyrrole nitrogens is 1. The van der Waals surface area contributed by atoms with Gasteiger partial charge in [0.25, 0.3) is 0 Å². The maximum absolute atomic E-state index is 14.4. The smallest absolute Gasteiger partial charge is 0.123 e. The van der Waals surface area contributed by atoms with Crippen LogP contribution in [0.2, 0.25) is 0 Å². The Hall–Kier alpha value is -2.84. The highest BCUT2D eigenvalue weighted by Gasteiger charge is 2.48. The second-order valence-corrected chi connectivity index (χ2v) is 10.9. The lowest BCUT2D eigenvalue weighted by atomic mass is 9.62. The van der Waals surface area contributed by atoms with Gasteiger partial charge in [0, 0.05) is 34.9 Å². The molecule has 1 aliphatic carbocycles. The zero-order valence-electron chi connectivity index (χ0n) is 20.2. The second kappa shape index (κ2) is 8.18. The number of aryl methyl sites for hydroxylation is 1. The molecule has 2 unspecified atom stereocenters. The fraction of sp³-hybridized carbons (Fsp3) is 0.464. The van der Waals surface area contributed by atoms with Crippen LogP contribution in [0.4, 0.5) is 4.39 Å². The first kappa shape index (κ1) is 23.3. The maximum atomic E-state index is 14.4. The van der Waals surface area contributed by atoms with Crippen LogP contribution in [0.5, 0.6) is 0 Å². The molecule has 2 N–H and O–H groups in total. The van der Waals surface area contributed by atoms with E-state index in [0.29, 0.717) is 37.9 Å². The summed E-state index contributed by atoms with van der Waals surface area (Å²) in [4.78, 5) is 3.43. The summed E-state index contributed by atoms with van der Waals surface area (Å²) in [6.45, 7) is 10.8. The Kier molecular flexibility index (Phi) is 5.78. The first-order valence-corrected chi connectivity index (χ1v) is 11.6. The number of hydrogen-bond acceptors (Lipinski definition) is 3. The number of fused-ring (bicyclic) bond motifs is 1. The first-order valence-electron chi connectivity index (χ1n) is 11.6. The highest BCUT2D eigenvalue weighted by molar-refractivity contribution is 5.85. The zero-order valence-corrected chi connectivity index (χ0v) is 20.2. The predicted molar refractivity (Wildman–Crippen MR) is 129 cm³/mol. The topological polar surface area (TPSA) is 69.0 Å². The minimum atomic E-state index is -1.06. The van der Waals surface area contributed by atoms with Crippen LogP contribution in [0.25, 0.3) is 10.9 Å². The summed E-state index contributed by atoms with van der Waals surface area (Å²) in [5, 5.41) is 22.5. The van der Waals surface area contributed by atoms with Crippen molar-refractivity contribution in [1.29, 1.82) is 5.26 Å². The number of benzene rings is 1. The number of nitriles is 1. The molecule has 0 radical (unpaired) electrons. The van der Waals surface area contributed by atoms with Crippen molar-refractivity contribution in [3.8, 4) is 6.07 Å². The van der Waals surface area contributed by atoms with Crippen LogP contribution in [-0.4, -0.2) is 22.3 Å². The molecular formula is C28H33FN2O2. The number of halogens is 1. The van der Waals surface area contributed by atoms with Gasteiger partial charge in [-0.3, -0.25) is 0 Å². The summed E-state index contributed by atoms with van der Waals surface area (Å²) >= 11 is 0. The van der Waals surface area contributed by atoms with Gasteiger partial charge >= 0.3 is 0 Å². The Morgan fingerprint density at radius 3 is 2.73 bits per heavy atom. The van der Waals surface area contributed by atoms with Crippen molar-refractivity contribution in [3.05, 3.63) is 70.4 Å². The molecule has 2 aromatic rings. The molecule has 2 aliphatic rings. The normalized spacial score (nSPS) is 22.8. The van der Waals surface area contributed by atoms with E-state index in [2.05, 4.69) is 44.8 Å². The third-order valence-electron chi connectivity index (χ3n) is 7.43. The van der Waals surface area contributed by atoms with Crippen molar-refractivity contribution in [2.45, 2.75) is 65.9 Å². The first-order chi connectivity index (χ1) is 15.4. The van der Waals surface area contributed by atoms with Crippen LogP contribution in [0.15, 0.2) is 53.6 Å². The number of hydrogen-bond donors (Lipinski definition) is 2. The molecule has 2 atom stereocenters. The maximum Gasteiger partial charge on any atom is 0.123 e. The Morgan fingerprint density at radius 1 is 1.27 bits per heavy atom. The van der Waals surface area contributed by atoms with Crippen molar-refractivity contribution in [3.63, 3.8) is 0 Å². The fourth-order valence-electron chi connectivity index (χ4n) is 5.21. The molecule has 33 heavy (non-hydrogen) atoms. The standard InChI is InChI=1S/C28H33FN2O2/c1-18-11-19(16-30)12-24-22(18)14-21(31-24)15-28(32,26(2,3)4)17-27(5)9-10-33-25-8-6-7-20(29)13-23(25)27/h6-7,11-14,31-32H,8-10,15,17H2,1-5H3. The average molecular weight is 449 g/mol. The van der Waals surface area contributed by atoms with Crippen LogP contribution in [0.1, 0.15) is 63.8 Å². The molecular weight excluding hydrogens is 415 g/mol. The summed E-state index contributed by atoms with van der Waals surface area (Å²) in [6, 6.07) is 8.02. The van der Waals surface area contributed by atoms with E-state index in [1.165, 1.54) is 6.08 Å². The van der Waals surface area contributed by atoms with E-state index in [0.717, 1.165) is 33.5 Å². The molecule has 0 saturated heterocycles. The van der Waals surface area contributed by atoms with E-state index < -0.39 is 16.4 Å². The third kappa shape index (κ3) is 4.37. The highest BCUT2D eigenvalue weighted by Crippen LogP contribution is 2.50. The lowest BCUT2D eigenvalue weighted by Gasteiger charge is -2.48. The van der Waals surface area contributed by atoms with Crippen LogP contribution in [0, 0.1) is 29.1 Å². The summed E-state index contributed by atoms with van der Waals surface area (Å²) in [5.41, 5.74) is 2.42. The SMILES string of the molecule is Cc1cc(C#N)cc2[nH]c(CC(O)(CC3(C)CCOC4=C3C=C(F)C=CC4)C(C)(C)C)cc12. The van der Waals surface area contributed by atoms with Gasteiger partial charge in [-0.25, -0.2) is 4.39 Å². The Balaban J connectivity index is 1.73. The molecule has 0 bridgehead atoms. The lowest BCUT2D eigenvalue weighted by molar-refractivity contribution is -0.0901. The van der Waals surface area contributed by atoms with Crippen LogP contribution in [-0.2, 0) is 11.2 Å². The molecule has 2 heterocycles. The Morgan fingerprint density at radius 2 is 2.03 bits per heavy atom. The molecule has 5 heteroatoms. The number of aromatic nitrogens is 1.